The van der Waals surface area contributed by atoms with E-state index in [1.54, 1.807) is 18.4 Å². The molecule has 13 heavy (non-hydrogen) atoms. The lowest BCUT2D eigenvalue weighted by Gasteiger charge is -1.93. The quantitative estimate of drug-likeness (QED) is 0.716. The van der Waals surface area contributed by atoms with Gasteiger partial charge in [-0.1, -0.05) is 22.9 Å². The maximum Gasteiger partial charge on any atom is 0.174 e. The molecule has 1 heterocycles. The van der Waals surface area contributed by atoms with Gasteiger partial charge >= 0.3 is 0 Å². The van der Waals surface area contributed by atoms with Crippen LogP contribution in [0.2, 0.25) is 5.02 Å². The molecule has 0 bridgehead atoms. The van der Waals surface area contributed by atoms with Gasteiger partial charge in [0.05, 0.1) is 7.11 Å². The summed E-state index contributed by atoms with van der Waals surface area (Å²) in [6, 6.07) is 5.96. The van der Waals surface area contributed by atoms with Crippen molar-refractivity contribution in [3.63, 3.8) is 0 Å². The topological polar surface area (TPSA) is 9.23 Å². The molecular weight excluding hydrogens is 319 g/mol. The van der Waals surface area contributed by atoms with Gasteiger partial charge in [0, 0.05) is 24.7 Å². The molecule has 2 aromatic rings. The number of benzene rings is 1. The molecule has 0 unspecified atom stereocenters. The molecule has 0 saturated heterocycles. The molecular formula is C9H6ClIOS. The molecule has 0 atom stereocenters. The first-order chi connectivity index (χ1) is 6.20. The van der Waals surface area contributed by atoms with Crippen LogP contribution in [-0.4, -0.2) is 7.11 Å². The zero-order chi connectivity index (χ0) is 9.42. The second-order valence-electron chi connectivity index (χ2n) is 2.57. The van der Waals surface area contributed by atoms with Gasteiger partial charge in [0.25, 0.3) is 0 Å². The van der Waals surface area contributed by atoms with Crippen molar-refractivity contribution in [3.8, 4) is 5.06 Å². The van der Waals surface area contributed by atoms with Crippen LogP contribution in [0.4, 0.5) is 0 Å². The predicted octanol–water partition coefficient (Wildman–Crippen LogP) is 4.17. The smallest absolute Gasteiger partial charge is 0.174 e. The first-order valence-corrected chi connectivity index (χ1v) is 5.90. The van der Waals surface area contributed by atoms with E-state index in [0.717, 1.165) is 10.1 Å². The van der Waals surface area contributed by atoms with Crippen molar-refractivity contribution in [2.45, 2.75) is 0 Å². The van der Waals surface area contributed by atoms with Gasteiger partial charge in [-0.3, -0.25) is 0 Å². The molecule has 0 fully saturated rings. The summed E-state index contributed by atoms with van der Waals surface area (Å²) in [4.78, 5) is 0. The van der Waals surface area contributed by atoms with E-state index in [2.05, 4.69) is 22.6 Å². The van der Waals surface area contributed by atoms with Gasteiger partial charge in [-0.25, -0.2) is 0 Å². The Morgan fingerprint density at radius 3 is 2.85 bits per heavy atom. The second-order valence-corrected chi connectivity index (χ2v) is 5.21. The standard InChI is InChI=1S/C9H6ClIOS/c1-12-9-4-6-7(11)2-5(10)3-8(6)13-9/h2-4H,1H3. The Bertz CT molecular complexity index is 452. The van der Waals surface area contributed by atoms with Crippen molar-refractivity contribution in [1.29, 1.82) is 0 Å². The summed E-state index contributed by atoms with van der Waals surface area (Å²) < 4.78 is 7.51. The van der Waals surface area contributed by atoms with Crippen LogP contribution >= 0.6 is 45.5 Å². The average Bonchev–Trinajstić information content (AvgIpc) is 2.47. The third kappa shape index (κ3) is 1.78. The summed E-state index contributed by atoms with van der Waals surface area (Å²) in [5.74, 6) is 0. The predicted molar refractivity (Wildman–Crippen MR) is 66.1 cm³/mol. The van der Waals surface area contributed by atoms with E-state index >= 15 is 0 Å². The number of thiophene rings is 1. The number of rotatable bonds is 1. The minimum atomic E-state index is 0.779. The molecule has 0 aliphatic carbocycles. The van der Waals surface area contributed by atoms with E-state index in [1.165, 1.54) is 13.7 Å². The van der Waals surface area contributed by atoms with Crippen LogP contribution in [0.25, 0.3) is 10.1 Å². The zero-order valence-corrected chi connectivity index (χ0v) is 10.5. The van der Waals surface area contributed by atoms with Crippen LogP contribution < -0.4 is 4.74 Å². The Balaban J connectivity index is 2.75. The van der Waals surface area contributed by atoms with Crippen LogP contribution in [0.3, 0.4) is 0 Å². The molecule has 0 saturated carbocycles. The first kappa shape index (κ1) is 9.55. The molecule has 1 aromatic heterocycles. The lowest BCUT2D eigenvalue weighted by Crippen LogP contribution is -1.74. The van der Waals surface area contributed by atoms with Crippen molar-refractivity contribution in [1.82, 2.24) is 0 Å². The van der Waals surface area contributed by atoms with Crippen LogP contribution in [0.1, 0.15) is 0 Å². The minimum Gasteiger partial charge on any atom is -0.487 e. The fraction of sp³-hybridized carbons (Fsp3) is 0.111. The van der Waals surface area contributed by atoms with E-state index in [9.17, 15) is 0 Å². The number of hydrogen-bond donors (Lipinski definition) is 0. The third-order valence-corrected chi connectivity index (χ3v) is 3.88. The Morgan fingerprint density at radius 1 is 1.38 bits per heavy atom. The van der Waals surface area contributed by atoms with E-state index in [4.69, 9.17) is 16.3 Å². The second kappa shape index (κ2) is 3.63. The molecule has 0 radical (unpaired) electrons. The molecule has 0 aliphatic rings. The Kier molecular flexibility index (Phi) is 2.67. The van der Waals surface area contributed by atoms with Crippen LogP contribution in [0.15, 0.2) is 18.2 Å². The van der Waals surface area contributed by atoms with Crippen molar-refractivity contribution in [2.24, 2.45) is 0 Å². The van der Waals surface area contributed by atoms with Crippen molar-refractivity contribution in [3.05, 3.63) is 26.8 Å². The maximum absolute atomic E-state index is 5.94. The summed E-state index contributed by atoms with van der Waals surface area (Å²) in [6.07, 6.45) is 0. The third-order valence-electron chi connectivity index (χ3n) is 1.73. The summed E-state index contributed by atoms with van der Waals surface area (Å²) in [5.41, 5.74) is 0. The lowest BCUT2D eigenvalue weighted by molar-refractivity contribution is 0.427. The van der Waals surface area contributed by atoms with Gasteiger partial charge in [0.2, 0.25) is 0 Å². The number of halogens is 2. The maximum atomic E-state index is 5.94. The van der Waals surface area contributed by atoms with Gasteiger partial charge < -0.3 is 4.74 Å². The van der Waals surface area contributed by atoms with E-state index in [-0.39, 0.29) is 0 Å². The first-order valence-electron chi connectivity index (χ1n) is 3.63. The molecule has 4 heteroatoms. The SMILES string of the molecule is COc1cc2c(I)cc(Cl)cc2s1. The van der Waals surface area contributed by atoms with Gasteiger partial charge in [0.15, 0.2) is 5.06 Å². The number of ether oxygens (including phenoxy) is 1. The summed E-state index contributed by atoms with van der Waals surface area (Å²) >= 11 is 9.83. The number of hydrogen-bond acceptors (Lipinski definition) is 2. The minimum absolute atomic E-state index is 0.779. The van der Waals surface area contributed by atoms with Crippen molar-refractivity contribution >= 4 is 55.6 Å². The van der Waals surface area contributed by atoms with Crippen molar-refractivity contribution < 1.29 is 4.74 Å². The van der Waals surface area contributed by atoms with Crippen molar-refractivity contribution in [2.75, 3.05) is 7.11 Å². The Hall–Kier alpha value is -0.000000000000000139. The highest BCUT2D eigenvalue weighted by molar-refractivity contribution is 14.1. The van der Waals surface area contributed by atoms with E-state index < -0.39 is 0 Å². The highest BCUT2D eigenvalue weighted by Crippen LogP contribution is 2.35. The van der Waals surface area contributed by atoms with Crippen LogP contribution in [0.5, 0.6) is 5.06 Å². The molecule has 0 aliphatic heterocycles. The highest BCUT2D eigenvalue weighted by atomic mass is 127. The van der Waals surface area contributed by atoms with Gasteiger partial charge in [-0.2, -0.15) is 0 Å². The Labute approximate surface area is 98.8 Å². The monoisotopic (exact) mass is 324 g/mol. The highest BCUT2D eigenvalue weighted by Gasteiger charge is 2.05. The summed E-state index contributed by atoms with van der Waals surface area (Å²) in [6.45, 7) is 0. The summed E-state index contributed by atoms with van der Waals surface area (Å²) in [5, 5.41) is 2.92. The largest absolute Gasteiger partial charge is 0.487 e. The number of methoxy groups -OCH3 is 1. The molecule has 0 spiro atoms. The van der Waals surface area contributed by atoms with Crippen LogP contribution in [-0.2, 0) is 0 Å². The molecule has 2 rings (SSSR count). The van der Waals surface area contributed by atoms with Gasteiger partial charge in [0.1, 0.15) is 0 Å². The molecule has 1 aromatic carbocycles. The van der Waals surface area contributed by atoms with Crippen LogP contribution in [0, 0.1) is 3.57 Å². The van der Waals surface area contributed by atoms with E-state index in [0.29, 0.717) is 0 Å². The molecule has 68 valence electrons. The Morgan fingerprint density at radius 2 is 2.15 bits per heavy atom. The molecule has 0 amide bonds. The normalized spacial score (nSPS) is 10.7. The average molecular weight is 325 g/mol. The zero-order valence-electron chi connectivity index (χ0n) is 6.80. The molecule has 0 N–H and O–H groups in total. The fourth-order valence-corrected chi connectivity index (χ4v) is 3.52. The summed E-state index contributed by atoms with van der Waals surface area (Å²) in [7, 11) is 1.68. The van der Waals surface area contributed by atoms with Gasteiger partial charge in [-0.15, -0.1) is 0 Å². The molecule has 1 nitrogen and oxygen atoms in total. The van der Waals surface area contributed by atoms with E-state index in [1.807, 2.05) is 18.2 Å². The van der Waals surface area contributed by atoms with Gasteiger partial charge in [-0.05, 0) is 34.7 Å². The number of fused-ring (bicyclic) bond motifs is 1. The lowest BCUT2D eigenvalue weighted by atomic mass is 10.3. The fourth-order valence-electron chi connectivity index (χ4n) is 1.14.